The molecule has 48 heavy (non-hydrogen) atoms. The maximum Gasteiger partial charge on any atom is 0.348 e. The van der Waals surface area contributed by atoms with E-state index in [0.29, 0.717) is 40.3 Å². The number of ether oxygens (including phenoxy) is 4. The van der Waals surface area contributed by atoms with Crippen LogP contribution in [-0.4, -0.2) is 70.2 Å². The first-order valence-electron chi connectivity index (χ1n) is 15.2. The number of carbonyl (C=O) groups excluding carboxylic acids is 4. The zero-order valence-electron chi connectivity index (χ0n) is 27.2. The van der Waals surface area contributed by atoms with Crippen molar-refractivity contribution in [3.8, 4) is 17.2 Å². The molecule has 1 atom stereocenters. The molecule has 2 aromatic carbocycles. The van der Waals surface area contributed by atoms with Crippen molar-refractivity contribution >= 4 is 51.9 Å². The van der Waals surface area contributed by atoms with E-state index in [2.05, 4.69) is 20.8 Å². The average molecular weight is 696 g/mol. The molecule has 0 spiro atoms. The van der Waals surface area contributed by atoms with Gasteiger partial charge in [-0.3, -0.25) is 14.2 Å². The summed E-state index contributed by atoms with van der Waals surface area (Å²) in [6.45, 7) is 9.15. The smallest absolute Gasteiger partial charge is 0.348 e. The lowest BCUT2D eigenvalue weighted by molar-refractivity contribution is -0.123. The van der Waals surface area contributed by atoms with Gasteiger partial charge in [-0.05, 0) is 76.6 Å². The fourth-order valence-corrected chi connectivity index (χ4v) is 6.35. The highest BCUT2D eigenvalue weighted by Crippen LogP contribution is 2.35. The Bertz CT molecular complexity index is 1720. The normalized spacial score (nSPS) is 11.4. The van der Waals surface area contributed by atoms with Crippen molar-refractivity contribution in [2.45, 2.75) is 51.6 Å². The highest BCUT2D eigenvalue weighted by atomic mass is 32.2. The number of thioether (sulfide) groups is 1. The van der Waals surface area contributed by atoms with Gasteiger partial charge in [0.25, 0.3) is 5.91 Å². The van der Waals surface area contributed by atoms with Crippen LogP contribution in [0.3, 0.4) is 0 Å². The number of rotatable bonds is 16. The van der Waals surface area contributed by atoms with Gasteiger partial charge in [0.15, 0.2) is 17.6 Å². The summed E-state index contributed by atoms with van der Waals surface area (Å²) in [6, 6.07) is 16.2. The minimum absolute atomic E-state index is 0.0341. The molecule has 15 heteroatoms. The second-order valence-corrected chi connectivity index (χ2v) is 12.3. The average Bonchev–Trinajstić information content (AvgIpc) is 3.63. The summed E-state index contributed by atoms with van der Waals surface area (Å²) in [5.74, 6) is -0.392. The third kappa shape index (κ3) is 9.13. The van der Waals surface area contributed by atoms with Gasteiger partial charge in [-0.15, -0.1) is 21.5 Å². The molecule has 0 bridgehead atoms. The molecule has 0 radical (unpaired) electrons. The molecule has 0 unspecified atom stereocenters. The Kier molecular flexibility index (Phi) is 13.0. The zero-order valence-corrected chi connectivity index (χ0v) is 28.9. The van der Waals surface area contributed by atoms with Gasteiger partial charge in [0.2, 0.25) is 5.91 Å². The van der Waals surface area contributed by atoms with Crippen molar-refractivity contribution in [2.24, 2.45) is 0 Å². The molecule has 0 saturated heterocycles. The van der Waals surface area contributed by atoms with Gasteiger partial charge < -0.3 is 29.6 Å². The Hall–Kier alpha value is -4.89. The van der Waals surface area contributed by atoms with Gasteiger partial charge in [0.05, 0.1) is 37.2 Å². The van der Waals surface area contributed by atoms with Crippen molar-refractivity contribution < 1.29 is 38.1 Å². The number of hydrogen-bond donors (Lipinski definition) is 2. The van der Waals surface area contributed by atoms with E-state index in [1.54, 1.807) is 56.5 Å². The van der Waals surface area contributed by atoms with Gasteiger partial charge in [-0.25, -0.2) is 9.59 Å². The van der Waals surface area contributed by atoms with E-state index in [9.17, 15) is 19.2 Å². The van der Waals surface area contributed by atoms with Crippen molar-refractivity contribution in [1.82, 2.24) is 20.1 Å². The standard InChI is InChI=1S/C33H37N5O8S2/c1-6-43-24-16-14-22(15-17-24)38-25(18-34-26(39)19-46-23-12-10-9-11-13-23)36-37-33(38)47-21(5)29(40)35-30-27(31(41)44-7-2)20(4)28(48-30)32(42)45-8-3/h9-17,21H,6-8,18-19H2,1-5H3,(H,34,39)(H,35,40)/t21-/m1/s1. The summed E-state index contributed by atoms with van der Waals surface area (Å²) in [4.78, 5) is 51.7. The molecular formula is C33H37N5O8S2. The Morgan fingerprint density at radius 2 is 1.54 bits per heavy atom. The summed E-state index contributed by atoms with van der Waals surface area (Å²) in [5, 5.41) is 14.1. The number of nitrogens with zero attached hydrogens (tertiary/aromatic N) is 3. The van der Waals surface area contributed by atoms with E-state index in [4.69, 9.17) is 18.9 Å². The summed E-state index contributed by atoms with van der Waals surface area (Å²) in [5.41, 5.74) is 1.15. The number of esters is 2. The van der Waals surface area contributed by atoms with E-state index in [1.807, 2.05) is 37.3 Å². The summed E-state index contributed by atoms with van der Waals surface area (Å²) >= 11 is 2.07. The Balaban J connectivity index is 1.55. The lowest BCUT2D eigenvalue weighted by Gasteiger charge is -2.15. The summed E-state index contributed by atoms with van der Waals surface area (Å²) < 4.78 is 23.2. The highest BCUT2D eigenvalue weighted by molar-refractivity contribution is 8.00. The predicted molar refractivity (Wildman–Crippen MR) is 181 cm³/mol. The van der Waals surface area contributed by atoms with Crippen molar-refractivity contribution in [2.75, 3.05) is 31.7 Å². The molecule has 4 aromatic rings. The van der Waals surface area contributed by atoms with Crippen LogP contribution < -0.4 is 20.1 Å². The molecule has 2 amide bonds. The number of carbonyl (C=O) groups is 4. The van der Waals surface area contributed by atoms with Crippen LogP contribution in [0.5, 0.6) is 11.5 Å². The maximum atomic E-state index is 13.5. The van der Waals surface area contributed by atoms with Gasteiger partial charge in [0, 0.05) is 5.69 Å². The highest BCUT2D eigenvalue weighted by Gasteiger charge is 2.29. The van der Waals surface area contributed by atoms with Crippen LogP contribution >= 0.6 is 23.1 Å². The number of para-hydroxylation sites is 1. The van der Waals surface area contributed by atoms with Crippen LogP contribution in [0, 0.1) is 6.92 Å². The molecule has 4 rings (SSSR count). The largest absolute Gasteiger partial charge is 0.494 e. The van der Waals surface area contributed by atoms with Crippen LogP contribution in [0.15, 0.2) is 59.8 Å². The van der Waals surface area contributed by atoms with Gasteiger partial charge in [-0.1, -0.05) is 30.0 Å². The Morgan fingerprint density at radius 3 is 2.21 bits per heavy atom. The Morgan fingerprint density at radius 1 is 0.875 bits per heavy atom. The van der Waals surface area contributed by atoms with Gasteiger partial charge >= 0.3 is 11.9 Å². The molecule has 254 valence electrons. The van der Waals surface area contributed by atoms with E-state index in [0.717, 1.165) is 23.1 Å². The van der Waals surface area contributed by atoms with E-state index in [1.165, 1.54) is 0 Å². The van der Waals surface area contributed by atoms with E-state index in [-0.39, 0.29) is 47.7 Å². The van der Waals surface area contributed by atoms with Crippen LogP contribution in [0.4, 0.5) is 5.00 Å². The molecule has 0 aliphatic carbocycles. The molecule has 2 N–H and O–H groups in total. The molecule has 2 heterocycles. The minimum Gasteiger partial charge on any atom is -0.494 e. The SMILES string of the molecule is CCOC(=O)c1sc(NC(=O)[C@@H](C)Sc2nnc(CNC(=O)COc3ccccc3)n2-c2ccc(OCC)cc2)c(C(=O)OCC)c1C. The molecule has 13 nitrogen and oxygen atoms in total. The molecule has 0 saturated carbocycles. The quantitative estimate of drug-likeness (QED) is 0.117. The summed E-state index contributed by atoms with van der Waals surface area (Å²) in [6.07, 6.45) is 0. The number of hydrogen-bond acceptors (Lipinski definition) is 12. The maximum absolute atomic E-state index is 13.5. The molecule has 0 aliphatic rings. The minimum atomic E-state index is -0.735. The van der Waals surface area contributed by atoms with Crippen LogP contribution in [0.25, 0.3) is 5.69 Å². The Labute approximate surface area is 286 Å². The number of benzene rings is 2. The monoisotopic (exact) mass is 695 g/mol. The number of amides is 2. The van der Waals surface area contributed by atoms with Crippen LogP contribution in [0.2, 0.25) is 0 Å². The van der Waals surface area contributed by atoms with Gasteiger partial charge in [-0.2, -0.15) is 0 Å². The summed E-state index contributed by atoms with van der Waals surface area (Å²) in [7, 11) is 0. The first-order chi connectivity index (χ1) is 23.2. The molecular weight excluding hydrogens is 659 g/mol. The lowest BCUT2D eigenvalue weighted by Crippen LogP contribution is -2.29. The van der Waals surface area contributed by atoms with Crippen LogP contribution in [-0.2, 0) is 25.6 Å². The fraction of sp³-hybridized carbons (Fsp3) is 0.333. The first kappa shape index (κ1) is 36.0. The molecule has 2 aromatic heterocycles. The third-order valence-corrected chi connectivity index (χ3v) is 8.87. The lowest BCUT2D eigenvalue weighted by atomic mass is 10.1. The van der Waals surface area contributed by atoms with E-state index >= 15 is 0 Å². The number of thiophene rings is 1. The number of nitrogens with one attached hydrogen (secondary N) is 2. The topological polar surface area (TPSA) is 160 Å². The predicted octanol–water partition coefficient (Wildman–Crippen LogP) is 5.20. The molecule has 0 aliphatic heterocycles. The molecule has 0 fully saturated rings. The second-order valence-electron chi connectivity index (χ2n) is 9.99. The van der Waals surface area contributed by atoms with Crippen molar-refractivity contribution in [3.05, 3.63) is 76.4 Å². The first-order valence-corrected chi connectivity index (χ1v) is 16.9. The van der Waals surface area contributed by atoms with Crippen LogP contribution in [0.1, 0.15) is 59.1 Å². The number of aromatic nitrogens is 3. The van der Waals surface area contributed by atoms with E-state index < -0.39 is 23.1 Å². The fourth-order valence-electron chi connectivity index (χ4n) is 4.37. The second kappa shape index (κ2) is 17.3. The zero-order chi connectivity index (χ0) is 34.6. The third-order valence-electron chi connectivity index (χ3n) is 6.64. The van der Waals surface area contributed by atoms with Crippen molar-refractivity contribution in [3.63, 3.8) is 0 Å². The van der Waals surface area contributed by atoms with Crippen molar-refractivity contribution in [1.29, 1.82) is 0 Å². The number of anilines is 1. The van der Waals surface area contributed by atoms with Gasteiger partial charge in [0.1, 0.15) is 21.4 Å².